The van der Waals surface area contributed by atoms with Crippen molar-refractivity contribution in [1.82, 2.24) is 30.8 Å². The van der Waals surface area contributed by atoms with Gasteiger partial charge in [0.25, 0.3) is 28.9 Å². The van der Waals surface area contributed by atoms with E-state index in [1.54, 1.807) is 84.9 Å². The van der Waals surface area contributed by atoms with E-state index in [0.29, 0.717) is 25.9 Å². The highest BCUT2D eigenvalue weighted by molar-refractivity contribution is 9.11. The van der Waals surface area contributed by atoms with Crippen LogP contribution in [0.15, 0.2) is 170 Å². The second kappa shape index (κ2) is 42.4. The number of hydrogen-bond acceptors (Lipinski definition) is 16. The van der Waals surface area contributed by atoms with Crippen LogP contribution >= 0.6 is 82.6 Å². The van der Waals surface area contributed by atoms with Crippen LogP contribution in [0.3, 0.4) is 0 Å². The molecule has 6 heterocycles. The summed E-state index contributed by atoms with van der Waals surface area (Å²) in [5, 5.41) is 36.9. The zero-order valence-electron chi connectivity index (χ0n) is 54.9. The van der Waals surface area contributed by atoms with Gasteiger partial charge in [-0.1, -0.05) is 65.5 Å². The number of anilines is 4. The number of alkyl halides is 6. The van der Waals surface area contributed by atoms with Crippen molar-refractivity contribution in [2.24, 2.45) is 10.2 Å². The maximum Gasteiger partial charge on any atom is 0.417 e. The summed E-state index contributed by atoms with van der Waals surface area (Å²) < 4.78 is 80.6. The standard InChI is InChI=1S/C30H27ClF3N5O3.C26H22BrClF3N5O2.C6H3BrClNO.C6H4BrNO2.C4H6O/c31-25-12-10-20(17-24(25)30(32,33)34)19-35-38-28(41)23-18-22(39-14-3-1-4-15-39)11-13-26(23)37-29(42)27-9-6-8-21(36-27)7-2-5-16-40;27-23-6-4-5-22(33-23)25(38)34-21-10-8-17(36-11-2-1-3-12-36)14-18(21)24(37)35-32-15-16-7-9-20(28)19(13-16)26(29,30)31;7-5-3-1-2-4(9-5)6(8)10;7-5-3-1-2-4(8-5)6(9)10;1-2-3-4-5/h6,8-13,17-19,40H,1,3-5,14-16H2,(H,37,42)(H,38,41);4-10,13-15H,1-3,11-12H2,(H,34,38)(H,35,37);1-3H;1-3H,(H,9,10);1,5H,3-4H2/b35-19+;32-15+;;;. The zero-order chi connectivity index (χ0) is 76.6. The minimum atomic E-state index is -4.65. The molecule has 8 aromatic rings. The van der Waals surface area contributed by atoms with Crippen LogP contribution in [0.2, 0.25) is 10.0 Å². The second-order valence-corrected chi connectivity index (χ2v) is 25.4. The van der Waals surface area contributed by atoms with E-state index in [1.807, 2.05) is 6.07 Å². The number of aromatic nitrogens is 4. The molecule has 7 N–H and O–H groups in total. The summed E-state index contributed by atoms with van der Waals surface area (Å²) in [5.41, 5.74) is 5.96. The molecule has 0 unspecified atom stereocenters. The molecule has 2 aliphatic heterocycles. The Balaban J connectivity index is 0.000000248. The number of aliphatic hydroxyl groups is 2. The average Bonchev–Trinajstić information content (AvgIpc) is 0.721. The first-order chi connectivity index (χ1) is 50.1. The third-order valence-corrected chi connectivity index (χ3v) is 16.5. The highest BCUT2D eigenvalue weighted by Crippen LogP contribution is 2.37. The number of hydrogen-bond donors (Lipinski definition) is 7. The number of terminal acetylenes is 1. The summed E-state index contributed by atoms with van der Waals surface area (Å²) in [6.07, 6.45) is 4.67. The number of amides is 4. The van der Waals surface area contributed by atoms with Gasteiger partial charge >= 0.3 is 18.3 Å². The Hall–Kier alpha value is -9.63. The van der Waals surface area contributed by atoms with Crippen LogP contribution in [0.25, 0.3) is 0 Å². The predicted molar refractivity (Wildman–Crippen MR) is 400 cm³/mol. The van der Waals surface area contributed by atoms with Crippen molar-refractivity contribution in [2.45, 2.75) is 63.7 Å². The lowest BCUT2D eigenvalue weighted by Crippen LogP contribution is -2.30. The van der Waals surface area contributed by atoms with Crippen molar-refractivity contribution in [1.29, 1.82) is 0 Å². The van der Waals surface area contributed by atoms with Crippen LogP contribution in [0.1, 0.15) is 142 Å². The monoisotopic (exact) mass is 1690 g/mol. The molecule has 10 rings (SSSR count). The first-order valence-corrected chi connectivity index (χ1v) is 34.8. The number of rotatable bonds is 16. The van der Waals surface area contributed by atoms with Gasteiger partial charge in [-0.15, -0.1) is 12.3 Å². The smallest absolute Gasteiger partial charge is 0.417 e. The molecule has 0 atom stereocenters. The number of benzene rings is 4. The molecular weight excluding hydrogens is 1640 g/mol. The van der Waals surface area contributed by atoms with Gasteiger partial charge in [0.15, 0.2) is 0 Å². The molecule has 0 bridgehead atoms. The quantitative estimate of drug-likeness (QED) is 0.0118. The Morgan fingerprint density at radius 2 is 0.924 bits per heavy atom. The number of piperidine rings is 2. The Labute approximate surface area is 638 Å². The average molecular weight is 1700 g/mol. The molecule has 21 nitrogen and oxygen atoms in total. The lowest BCUT2D eigenvalue weighted by molar-refractivity contribution is -0.138. The molecule has 2 fully saturated rings. The first kappa shape index (κ1) is 84.3. The number of nitrogens with zero attached hydrogens (tertiary/aromatic N) is 8. The number of carboxylic acid groups (broad SMARTS) is 1. The minimum absolute atomic E-state index is 0.0503. The van der Waals surface area contributed by atoms with E-state index in [-0.39, 0.29) is 76.0 Å². The van der Waals surface area contributed by atoms with Crippen molar-refractivity contribution in [3.8, 4) is 24.2 Å². The maximum absolute atomic E-state index is 13.2. The number of carbonyl (C=O) groups excluding carboxylic acids is 5. The Kier molecular flexibility index (Phi) is 34.0. The van der Waals surface area contributed by atoms with Gasteiger partial charge in [-0.25, -0.2) is 35.6 Å². The summed E-state index contributed by atoms with van der Waals surface area (Å²) in [6.45, 7) is 3.32. The van der Waals surface area contributed by atoms with Gasteiger partial charge in [0.05, 0.1) is 69.3 Å². The van der Waals surface area contributed by atoms with Crippen molar-refractivity contribution in [2.75, 3.05) is 59.8 Å². The fraction of sp³-hybridized carbons (Fsp3) is 0.222. The van der Waals surface area contributed by atoms with Crippen LogP contribution in [0.5, 0.6) is 0 Å². The largest absolute Gasteiger partial charge is 0.477 e. The van der Waals surface area contributed by atoms with E-state index in [2.05, 4.69) is 127 Å². The van der Waals surface area contributed by atoms with Crippen molar-refractivity contribution < 1.29 is 70.4 Å². The molecule has 0 saturated carbocycles. The van der Waals surface area contributed by atoms with Gasteiger partial charge in [0, 0.05) is 50.4 Å². The Morgan fingerprint density at radius 1 is 0.524 bits per heavy atom. The predicted octanol–water partition coefficient (Wildman–Crippen LogP) is 15.8. The molecule has 2 saturated heterocycles. The third-order valence-electron chi connectivity index (χ3n) is 14.3. The van der Waals surface area contributed by atoms with Crippen LogP contribution in [-0.4, -0.2) is 122 Å². The minimum Gasteiger partial charge on any atom is -0.477 e. The number of nitrogens with one attached hydrogen (secondary N) is 4. The van der Waals surface area contributed by atoms with Crippen LogP contribution in [-0.2, 0) is 12.4 Å². The third kappa shape index (κ3) is 28.1. The number of carbonyl (C=O) groups is 6. The van der Waals surface area contributed by atoms with E-state index >= 15 is 0 Å². The van der Waals surface area contributed by atoms with Gasteiger partial charge in [-0.3, -0.25) is 24.0 Å². The van der Waals surface area contributed by atoms with Crippen molar-refractivity contribution >= 4 is 153 Å². The van der Waals surface area contributed by atoms with E-state index in [4.69, 9.17) is 56.5 Å². The number of aliphatic hydroxyl groups excluding tert-OH is 2. The number of carboxylic acids is 1. The summed E-state index contributed by atoms with van der Waals surface area (Å²) in [7, 11) is 0. The fourth-order valence-corrected chi connectivity index (χ4v) is 10.9. The van der Waals surface area contributed by atoms with Gasteiger partial charge in [0.2, 0.25) is 0 Å². The highest BCUT2D eigenvalue weighted by atomic mass is 79.9. The summed E-state index contributed by atoms with van der Waals surface area (Å²) >= 11 is 25.9. The van der Waals surface area contributed by atoms with Gasteiger partial charge in [0.1, 0.15) is 42.3 Å². The molecule has 4 aromatic carbocycles. The van der Waals surface area contributed by atoms with Crippen molar-refractivity contribution in [3.63, 3.8) is 0 Å². The van der Waals surface area contributed by atoms with Gasteiger partial charge < -0.3 is 35.8 Å². The SMILES string of the molecule is C#CCCO.O=C(Cl)c1cccc(Br)n1.O=C(Nc1ccc(N2CCCCC2)cc1C(=O)N/N=C/c1ccc(Cl)c(C(F)(F)F)c1)c1cccc(Br)n1.O=C(Nc1ccc(N2CCCCC2)cc1C(=O)N/N=C/c1ccc(Cl)c(C(F)(F)F)c1)c1cccc(C#CCCO)n1.O=C(O)c1cccc(Br)n1. The van der Waals surface area contributed by atoms with Gasteiger partial charge in [-0.2, -0.15) is 36.5 Å². The van der Waals surface area contributed by atoms with E-state index in [1.165, 1.54) is 30.3 Å². The number of aromatic carboxylic acids is 1. The molecule has 0 radical (unpaired) electrons. The summed E-state index contributed by atoms with van der Waals surface area (Å²) in [6, 6.07) is 36.1. The summed E-state index contributed by atoms with van der Waals surface area (Å²) in [4.78, 5) is 93.1. The molecule has 2 aliphatic rings. The number of pyridine rings is 4. The van der Waals surface area contributed by atoms with E-state index < -0.39 is 68.4 Å². The molecule has 33 heteroatoms. The molecule has 548 valence electrons. The van der Waals surface area contributed by atoms with Crippen LogP contribution in [0.4, 0.5) is 49.1 Å². The van der Waals surface area contributed by atoms with E-state index in [9.17, 15) is 55.1 Å². The molecule has 105 heavy (non-hydrogen) atoms. The Bertz CT molecular complexity index is 4500. The maximum atomic E-state index is 13.2. The number of halogens is 12. The lowest BCUT2D eigenvalue weighted by Gasteiger charge is -2.29. The lowest BCUT2D eigenvalue weighted by atomic mass is 10.1. The summed E-state index contributed by atoms with van der Waals surface area (Å²) in [5.74, 6) is 4.35. The molecule has 4 amide bonds. The fourth-order valence-electron chi connectivity index (χ4n) is 9.34. The zero-order valence-corrected chi connectivity index (χ0v) is 61.9. The number of hydrazone groups is 2. The topological polar surface area (TPSA) is 294 Å². The normalized spacial score (nSPS) is 12.5. The molecule has 0 aliphatic carbocycles. The first-order valence-electron chi connectivity index (χ1n) is 31.3. The molecule has 0 spiro atoms. The Morgan fingerprint density at radius 3 is 1.30 bits per heavy atom. The van der Waals surface area contributed by atoms with Crippen molar-refractivity contribution in [3.05, 3.63) is 231 Å². The molecule has 4 aromatic heterocycles. The van der Waals surface area contributed by atoms with Gasteiger partial charge in [-0.05, 0) is 224 Å². The van der Waals surface area contributed by atoms with Crippen LogP contribution < -0.4 is 31.3 Å². The van der Waals surface area contributed by atoms with Crippen LogP contribution in [0, 0.1) is 24.2 Å². The second-order valence-electron chi connectivity index (χ2n) is 21.8. The van der Waals surface area contributed by atoms with E-state index in [0.717, 1.165) is 113 Å². The highest BCUT2D eigenvalue weighted by Gasteiger charge is 2.34. The molecular formula is C72H62Br3Cl3F6N12O9.